The molecule has 0 aromatic carbocycles. The van der Waals surface area contributed by atoms with Gasteiger partial charge in [0.1, 0.15) is 12.7 Å². The predicted octanol–water partition coefficient (Wildman–Crippen LogP) is 1.12. The molecule has 0 saturated carbocycles. The number of amides is 1. The van der Waals surface area contributed by atoms with Crippen LogP contribution in [0.1, 0.15) is 18.4 Å². The fourth-order valence-electron chi connectivity index (χ4n) is 3.53. The molecular formula is C20H32IN5O4. The van der Waals surface area contributed by atoms with Crippen LogP contribution in [0.15, 0.2) is 23.3 Å². The van der Waals surface area contributed by atoms with Gasteiger partial charge in [-0.1, -0.05) is 6.07 Å². The second-order valence-corrected chi connectivity index (χ2v) is 7.02. The van der Waals surface area contributed by atoms with Crippen LogP contribution in [0.25, 0.3) is 0 Å². The quantitative estimate of drug-likeness (QED) is 0.243. The minimum absolute atomic E-state index is 0. The molecule has 2 aliphatic heterocycles. The monoisotopic (exact) mass is 533 g/mol. The van der Waals surface area contributed by atoms with Crippen molar-refractivity contribution in [2.75, 3.05) is 60.2 Å². The summed E-state index contributed by atoms with van der Waals surface area (Å²) in [4.78, 5) is 25.3. The molecule has 0 bridgehead atoms. The number of carbonyl (C=O) groups is 1. The number of piperazine rings is 1. The Labute approximate surface area is 195 Å². The van der Waals surface area contributed by atoms with Gasteiger partial charge in [-0.2, -0.15) is 0 Å². The average Bonchev–Trinajstić information content (AvgIpc) is 3.30. The van der Waals surface area contributed by atoms with Crippen molar-refractivity contribution in [3.8, 4) is 5.88 Å². The zero-order valence-corrected chi connectivity index (χ0v) is 20.0. The fraction of sp³-hybridized carbons (Fsp3) is 0.650. The number of aromatic nitrogens is 1. The maximum Gasteiger partial charge on any atom is 0.251 e. The zero-order valence-electron chi connectivity index (χ0n) is 17.7. The van der Waals surface area contributed by atoms with Crippen LogP contribution in [0.2, 0.25) is 0 Å². The Bertz CT molecular complexity index is 692. The molecule has 1 unspecified atom stereocenters. The summed E-state index contributed by atoms with van der Waals surface area (Å²) >= 11 is 0. The van der Waals surface area contributed by atoms with Crippen molar-refractivity contribution in [3.05, 3.63) is 23.9 Å². The fourth-order valence-corrected chi connectivity index (χ4v) is 3.53. The maximum atomic E-state index is 12.5. The van der Waals surface area contributed by atoms with E-state index >= 15 is 0 Å². The molecule has 0 aliphatic carbocycles. The minimum atomic E-state index is -0.249. The first-order valence-electron chi connectivity index (χ1n) is 10.1. The first-order valence-corrected chi connectivity index (χ1v) is 10.1. The van der Waals surface area contributed by atoms with Crippen LogP contribution >= 0.6 is 24.0 Å². The molecule has 2 saturated heterocycles. The van der Waals surface area contributed by atoms with Crippen molar-refractivity contribution in [1.82, 2.24) is 20.1 Å². The number of methoxy groups -OCH3 is 1. The molecule has 0 spiro atoms. The van der Waals surface area contributed by atoms with Gasteiger partial charge in [-0.3, -0.25) is 9.79 Å². The number of hydrogen-bond acceptors (Lipinski definition) is 6. The van der Waals surface area contributed by atoms with Gasteiger partial charge in [-0.05, 0) is 18.9 Å². The molecule has 1 aromatic rings. The molecule has 3 heterocycles. The van der Waals surface area contributed by atoms with E-state index in [4.69, 9.17) is 14.2 Å². The van der Waals surface area contributed by atoms with Crippen molar-refractivity contribution in [3.63, 3.8) is 0 Å². The number of nitrogens with one attached hydrogen (secondary N) is 1. The molecule has 2 fully saturated rings. The van der Waals surface area contributed by atoms with Gasteiger partial charge >= 0.3 is 0 Å². The summed E-state index contributed by atoms with van der Waals surface area (Å²) in [5.74, 6) is 1.53. The van der Waals surface area contributed by atoms with Gasteiger partial charge in [0.15, 0.2) is 5.96 Å². The summed E-state index contributed by atoms with van der Waals surface area (Å²) in [6.07, 6.45) is 3.27. The van der Waals surface area contributed by atoms with Gasteiger partial charge in [-0.25, -0.2) is 4.98 Å². The molecule has 9 nitrogen and oxygen atoms in total. The maximum absolute atomic E-state index is 12.5. The number of aliphatic imine (C=N–C) groups is 1. The molecule has 1 atom stereocenters. The van der Waals surface area contributed by atoms with E-state index in [-0.39, 0.29) is 36.0 Å². The standard InChI is InChI=1S/C20H31N5O4.HI/c1-21-20(23-15-16-5-3-7-22-18(16)29-14-13-27-2)25-10-8-24(9-11-25)19(26)17-6-4-12-28-17;/h3,5,7,17H,4,6,8-15H2,1-2H3,(H,21,23);1H. The van der Waals surface area contributed by atoms with Gasteiger partial charge in [0, 0.05) is 65.2 Å². The van der Waals surface area contributed by atoms with Crippen molar-refractivity contribution >= 4 is 35.8 Å². The minimum Gasteiger partial charge on any atom is -0.475 e. The van der Waals surface area contributed by atoms with E-state index in [1.807, 2.05) is 17.0 Å². The van der Waals surface area contributed by atoms with Crippen LogP contribution in [-0.4, -0.2) is 92.9 Å². The first kappa shape index (κ1) is 24.6. The molecule has 3 rings (SSSR count). The second kappa shape index (κ2) is 12.9. The van der Waals surface area contributed by atoms with E-state index < -0.39 is 0 Å². The Morgan fingerprint density at radius 3 is 2.73 bits per heavy atom. The van der Waals surface area contributed by atoms with E-state index in [1.165, 1.54) is 0 Å². The Morgan fingerprint density at radius 1 is 1.30 bits per heavy atom. The van der Waals surface area contributed by atoms with Crippen LogP contribution in [0.4, 0.5) is 0 Å². The lowest BCUT2D eigenvalue weighted by molar-refractivity contribution is -0.142. The Kier molecular flexibility index (Phi) is 10.6. The highest BCUT2D eigenvalue weighted by Crippen LogP contribution is 2.17. The molecule has 30 heavy (non-hydrogen) atoms. The lowest BCUT2D eigenvalue weighted by Gasteiger charge is -2.37. The van der Waals surface area contributed by atoms with Crippen molar-refractivity contribution < 1.29 is 19.0 Å². The smallest absolute Gasteiger partial charge is 0.251 e. The van der Waals surface area contributed by atoms with E-state index in [0.717, 1.165) is 37.5 Å². The molecule has 1 N–H and O–H groups in total. The number of halogens is 1. The summed E-state index contributed by atoms with van der Waals surface area (Å²) in [6.45, 7) is 5.05. The van der Waals surface area contributed by atoms with Gasteiger partial charge in [0.2, 0.25) is 5.88 Å². The Hall–Kier alpha value is -1.66. The van der Waals surface area contributed by atoms with Crippen molar-refractivity contribution in [2.24, 2.45) is 4.99 Å². The zero-order chi connectivity index (χ0) is 20.5. The van der Waals surface area contributed by atoms with Crippen molar-refractivity contribution in [1.29, 1.82) is 0 Å². The van der Waals surface area contributed by atoms with Gasteiger partial charge in [-0.15, -0.1) is 24.0 Å². The van der Waals surface area contributed by atoms with E-state index in [9.17, 15) is 4.79 Å². The molecule has 10 heteroatoms. The lowest BCUT2D eigenvalue weighted by atomic mass is 10.2. The summed E-state index contributed by atoms with van der Waals surface area (Å²) in [5, 5.41) is 3.38. The lowest BCUT2D eigenvalue weighted by Crippen LogP contribution is -2.55. The summed E-state index contributed by atoms with van der Waals surface area (Å²) < 4.78 is 16.2. The Balaban J connectivity index is 0.00000320. The van der Waals surface area contributed by atoms with E-state index in [0.29, 0.717) is 45.3 Å². The average molecular weight is 533 g/mol. The summed E-state index contributed by atoms with van der Waals surface area (Å²) in [7, 11) is 3.41. The van der Waals surface area contributed by atoms with Gasteiger partial charge < -0.3 is 29.3 Å². The number of rotatable bonds is 7. The molecular weight excluding hydrogens is 501 g/mol. The third kappa shape index (κ3) is 6.67. The number of carbonyl (C=O) groups excluding carboxylic acids is 1. The molecule has 1 amide bonds. The predicted molar refractivity (Wildman–Crippen MR) is 124 cm³/mol. The van der Waals surface area contributed by atoms with Gasteiger partial charge in [0.05, 0.1) is 6.61 Å². The molecule has 1 aromatic heterocycles. The third-order valence-corrected chi connectivity index (χ3v) is 5.12. The first-order chi connectivity index (χ1) is 14.2. The van der Waals surface area contributed by atoms with Crippen LogP contribution < -0.4 is 10.1 Å². The van der Waals surface area contributed by atoms with Crippen LogP contribution in [0.5, 0.6) is 5.88 Å². The number of pyridine rings is 1. The Morgan fingerprint density at radius 2 is 2.07 bits per heavy atom. The molecule has 0 radical (unpaired) electrons. The van der Waals surface area contributed by atoms with Crippen LogP contribution in [0, 0.1) is 0 Å². The number of nitrogens with zero attached hydrogens (tertiary/aromatic N) is 4. The van der Waals surface area contributed by atoms with E-state index in [1.54, 1.807) is 20.4 Å². The van der Waals surface area contributed by atoms with Gasteiger partial charge in [0.25, 0.3) is 5.91 Å². The van der Waals surface area contributed by atoms with Crippen molar-refractivity contribution in [2.45, 2.75) is 25.5 Å². The highest BCUT2D eigenvalue weighted by molar-refractivity contribution is 14.0. The number of ether oxygens (including phenoxy) is 3. The normalized spacial score (nSPS) is 19.4. The second-order valence-electron chi connectivity index (χ2n) is 7.02. The third-order valence-electron chi connectivity index (χ3n) is 5.12. The summed E-state index contributed by atoms with van der Waals surface area (Å²) in [6, 6.07) is 3.87. The topological polar surface area (TPSA) is 88.5 Å². The number of hydrogen-bond donors (Lipinski definition) is 1. The van der Waals surface area contributed by atoms with Crippen LogP contribution in [-0.2, 0) is 20.8 Å². The van der Waals surface area contributed by atoms with Crippen LogP contribution in [0.3, 0.4) is 0 Å². The SMILES string of the molecule is CN=C(NCc1cccnc1OCCOC)N1CCN(C(=O)C2CCCO2)CC1.I. The molecule has 2 aliphatic rings. The number of guanidine groups is 1. The van der Waals surface area contributed by atoms with E-state index in [2.05, 4.69) is 20.2 Å². The summed E-state index contributed by atoms with van der Waals surface area (Å²) in [5.41, 5.74) is 0.956. The molecule has 168 valence electrons. The largest absolute Gasteiger partial charge is 0.475 e. The highest BCUT2D eigenvalue weighted by Gasteiger charge is 2.30. The highest BCUT2D eigenvalue weighted by atomic mass is 127.